The number of pyridine rings is 1. The molecular formula is C14H20Cl2N2O2S. The van der Waals surface area contributed by atoms with Crippen molar-refractivity contribution >= 4 is 33.2 Å². The topological polar surface area (TPSA) is 50.3 Å². The number of sulfonamides is 1. The molecule has 2 rings (SSSR count). The zero-order valence-corrected chi connectivity index (χ0v) is 14.8. The fourth-order valence-electron chi connectivity index (χ4n) is 2.66. The first-order chi connectivity index (χ1) is 9.62. The molecule has 1 saturated heterocycles. The third-order valence-corrected chi connectivity index (χ3v) is 6.64. The average Bonchev–Trinajstić information content (AvgIpc) is 2.41. The first kappa shape index (κ1) is 17.0. The van der Waals surface area contributed by atoms with Gasteiger partial charge in [-0.25, -0.2) is 13.4 Å². The molecule has 2 heterocycles. The molecule has 1 fully saturated rings. The van der Waals surface area contributed by atoms with Gasteiger partial charge in [-0.05, 0) is 30.2 Å². The summed E-state index contributed by atoms with van der Waals surface area (Å²) in [5.41, 5.74) is 0.209. The van der Waals surface area contributed by atoms with Crippen LogP contribution in [0.25, 0.3) is 0 Å². The molecule has 1 aromatic rings. The first-order valence-corrected chi connectivity index (χ1v) is 9.13. The summed E-state index contributed by atoms with van der Waals surface area (Å²) in [7, 11) is -3.54. The summed E-state index contributed by atoms with van der Waals surface area (Å²) in [6.07, 6.45) is 3.01. The SMILES string of the molecule is CC(C)(C)C1CCN(S(=O)(=O)c2cnc(Cl)c(Cl)c2)CC1. The highest BCUT2D eigenvalue weighted by Gasteiger charge is 2.34. The van der Waals surface area contributed by atoms with Gasteiger partial charge in [0.15, 0.2) is 0 Å². The molecule has 0 N–H and O–H groups in total. The minimum absolute atomic E-state index is 0.103. The number of piperidine rings is 1. The quantitative estimate of drug-likeness (QED) is 0.761. The summed E-state index contributed by atoms with van der Waals surface area (Å²) in [6.45, 7) is 7.66. The fourth-order valence-corrected chi connectivity index (χ4v) is 4.43. The largest absolute Gasteiger partial charge is 0.244 e. The molecule has 0 amide bonds. The first-order valence-electron chi connectivity index (χ1n) is 6.93. The van der Waals surface area contributed by atoms with Crippen LogP contribution >= 0.6 is 23.2 Å². The highest BCUT2D eigenvalue weighted by Crippen LogP contribution is 2.36. The maximum Gasteiger partial charge on any atom is 0.244 e. The Hall–Kier alpha value is -0.360. The minimum Gasteiger partial charge on any atom is -0.242 e. The lowest BCUT2D eigenvalue weighted by atomic mass is 9.76. The van der Waals surface area contributed by atoms with Gasteiger partial charge in [0, 0.05) is 19.3 Å². The fraction of sp³-hybridized carbons (Fsp3) is 0.643. The van der Waals surface area contributed by atoms with E-state index < -0.39 is 10.0 Å². The number of aromatic nitrogens is 1. The Bertz CT molecular complexity index is 618. The molecule has 0 unspecified atom stereocenters. The van der Waals surface area contributed by atoms with Crippen LogP contribution in [-0.4, -0.2) is 30.8 Å². The van der Waals surface area contributed by atoms with Crippen LogP contribution in [0.1, 0.15) is 33.6 Å². The van der Waals surface area contributed by atoms with Crippen molar-refractivity contribution in [1.29, 1.82) is 0 Å². The summed E-state index contributed by atoms with van der Waals surface area (Å²) >= 11 is 11.6. The van der Waals surface area contributed by atoms with Crippen molar-refractivity contribution < 1.29 is 8.42 Å². The van der Waals surface area contributed by atoms with Gasteiger partial charge in [-0.1, -0.05) is 44.0 Å². The van der Waals surface area contributed by atoms with Gasteiger partial charge < -0.3 is 0 Å². The second-order valence-corrected chi connectivity index (χ2v) is 9.19. The molecule has 0 aliphatic carbocycles. The van der Waals surface area contributed by atoms with Gasteiger partial charge in [0.1, 0.15) is 10.0 Å². The molecule has 0 atom stereocenters. The zero-order valence-electron chi connectivity index (χ0n) is 12.4. The molecule has 4 nitrogen and oxygen atoms in total. The normalized spacial score (nSPS) is 18.9. The van der Waals surface area contributed by atoms with E-state index in [4.69, 9.17) is 23.2 Å². The summed E-state index contributed by atoms with van der Waals surface area (Å²) in [5, 5.41) is 0.268. The van der Waals surface area contributed by atoms with Gasteiger partial charge in [0.05, 0.1) is 5.02 Å². The van der Waals surface area contributed by atoms with E-state index in [1.165, 1.54) is 16.6 Å². The van der Waals surface area contributed by atoms with E-state index in [9.17, 15) is 8.42 Å². The van der Waals surface area contributed by atoms with Gasteiger partial charge in [-0.15, -0.1) is 0 Å². The molecule has 0 bridgehead atoms. The van der Waals surface area contributed by atoms with Gasteiger partial charge in [-0.3, -0.25) is 0 Å². The van der Waals surface area contributed by atoms with Gasteiger partial charge >= 0.3 is 0 Å². The van der Waals surface area contributed by atoms with E-state index in [2.05, 4.69) is 25.8 Å². The Kier molecular flexibility index (Phi) is 4.88. The Morgan fingerprint density at radius 2 is 1.81 bits per heavy atom. The van der Waals surface area contributed by atoms with Crippen LogP contribution in [0.4, 0.5) is 0 Å². The minimum atomic E-state index is -3.54. The molecule has 1 aliphatic rings. The van der Waals surface area contributed by atoms with E-state index in [0.29, 0.717) is 19.0 Å². The van der Waals surface area contributed by atoms with Crippen molar-refractivity contribution in [3.8, 4) is 0 Å². The Morgan fingerprint density at radius 1 is 1.24 bits per heavy atom. The zero-order chi connectivity index (χ0) is 15.8. The van der Waals surface area contributed by atoms with Crippen molar-refractivity contribution in [3.63, 3.8) is 0 Å². The number of hydrogen-bond donors (Lipinski definition) is 0. The van der Waals surface area contributed by atoms with Gasteiger partial charge in [0.25, 0.3) is 0 Å². The second kappa shape index (κ2) is 6.03. The highest BCUT2D eigenvalue weighted by atomic mass is 35.5. The van der Waals surface area contributed by atoms with E-state index >= 15 is 0 Å². The molecule has 7 heteroatoms. The van der Waals surface area contributed by atoms with Crippen molar-refractivity contribution in [2.45, 2.75) is 38.5 Å². The second-order valence-electron chi connectivity index (χ2n) is 6.49. The molecule has 0 spiro atoms. The third-order valence-electron chi connectivity index (χ3n) is 4.09. The number of nitrogens with zero attached hydrogens (tertiary/aromatic N) is 2. The lowest BCUT2D eigenvalue weighted by Gasteiger charge is -2.38. The third kappa shape index (κ3) is 3.70. The number of halogens is 2. The molecule has 0 radical (unpaired) electrons. The van der Waals surface area contributed by atoms with E-state index in [1.54, 1.807) is 0 Å². The van der Waals surface area contributed by atoms with Crippen molar-refractivity contribution in [1.82, 2.24) is 9.29 Å². The van der Waals surface area contributed by atoms with Crippen LogP contribution in [0.5, 0.6) is 0 Å². The molecule has 0 saturated carbocycles. The Morgan fingerprint density at radius 3 is 2.29 bits per heavy atom. The molecule has 1 aromatic heterocycles. The number of hydrogen-bond acceptors (Lipinski definition) is 3. The molecular weight excluding hydrogens is 331 g/mol. The molecule has 0 aromatic carbocycles. The van der Waals surface area contributed by atoms with Crippen molar-refractivity contribution in [2.75, 3.05) is 13.1 Å². The average molecular weight is 351 g/mol. The maximum atomic E-state index is 12.6. The summed E-state index contributed by atoms with van der Waals surface area (Å²) < 4.78 is 26.7. The van der Waals surface area contributed by atoms with Crippen LogP contribution in [-0.2, 0) is 10.0 Å². The van der Waals surface area contributed by atoms with Crippen LogP contribution in [0.15, 0.2) is 17.2 Å². The predicted molar refractivity (Wildman–Crippen MR) is 85.2 cm³/mol. The van der Waals surface area contributed by atoms with Crippen LogP contribution in [0.3, 0.4) is 0 Å². The maximum absolute atomic E-state index is 12.6. The smallest absolute Gasteiger partial charge is 0.242 e. The summed E-state index contributed by atoms with van der Waals surface area (Å²) in [5.74, 6) is 0.538. The van der Waals surface area contributed by atoms with Crippen molar-refractivity contribution in [3.05, 3.63) is 22.4 Å². The lowest BCUT2D eigenvalue weighted by Crippen LogP contribution is -2.41. The Balaban J connectivity index is 2.17. The Labute approximate surface area is 136 Å². The lowest BCUT2D eigenvalue weighted by molar-refractivity contribution is 0.154. The predicted octanol–water partition coefficient (Wildman–Crippen LogP) is 3.84. The van der Waals surface area contributed by atoms with Gasteiger partial charge in [-0.2, -0.15) is 4.31 Å². The van der Waals surface area contributed by atoms with E-state index in [0.717, 1.165) is 12.8 Å². The van der Waals surface area contributed by atoms with Crippen molar-refractivity contribution in [2.24, 2.45) is 11.3 Å². The highest BCUT2D eigenvalue weighted by molar-refractivity contribution is 7.89. The monoisotopic (exact) mass is 350 g/mol. The number of rotatable bonds is 2. The molecule has 118 valence electrons. The van der Waals surface area contributed by atoms with Crippen LogP contribution < -0.4 is 0 Å². The van der Waals surface area contributed by atoms with E-state index in [-0.39, 0.29) is 20.5 Å². The molecule has 21 heavy (non-hydrogen) atoms. The van der Waals surface area contributed by atoms with Crippen LogP contribution in [0, 0.1) is 11.3 Å². The standard InChI is InChI=1S/C14H20Cl2N2O2S/c1-14(2,3)10-4-6-18(7-5-10)21(19,20)11-8-12(15)13(16)17-9-11/h8-10H,4-7H2,1-3H3. The molecule has 1 aliphatic heterocycles. The summed E-state index contributed by atoms with van der Waals surface area (Å²) in [4.78, 5) is 3.92. The van der Waals surface area contributed by atoms with Crippen LogP contribution in [0.2, 0.25) is 10.2 Å². The van der Waals surface area contributed by atoms with E-state index in [1.807, 2.05) is 0 Å². The van der Waals surface area contributed by atoms with Gasteiger partial charge in [0.2, 0.25) is 10.0 Å². The summed E-state index contributed by atoms with van der Waals surface area (Å²) in [6, 6.07) is 1.36.